The molecule has 1 heterocycles. The Hall–Kier alpha value is -3.60. The van der Waals surface area contributed by atoms with Gasteiger partial charge < -0.3 is 23.9 Å². The van der Waals surface area contributed by atoms with Crippen molar-refractivity contribution in [1.82, 2.24) is 0 Å². The molecular formula is C21H17B3O16S3. The van der Waals surface area contributed by atoms with Crippen LogP contribution >= 0.6 is 0 Å². The topological polar surface area (TPSA) is 232 Å². The monoisotopic (exact) mass is 654 g/mol. The van der Waals surface area contributed by atoms with Crippen LogP contribution in [0.1, 0.15) is 26.3 Å². The minimum Gasteiger partial charge on any atom is -0.478 e. The summed E-state index contributed by atoms with van der Waals surface area (Å²) >= 11 is 0. The Bertz CT molecular complexity index is 1780. The van der Waals surface area contributed by atoms with Crippen molar-refractivity contribution in [3.8, 4) is 0 Å². The first kappa shape index (κ1) is 32.3. The molecule has 0 radical (unpaired) electrons. The standard InChI is InChI=1S/C21H17B3O16S3/c1-14-8-2-5-11-17(14)41(29,30)38-22-35-23(39-42(31,32)18-12-6-3-9-15(18)20(25)26)37-24(36-22)40-43(33,34)19-13-7-4-10-16(19)21(27)28/h2-13H,1H3,(H,25,26)(H,27,28). The van der Waals surface area contributed by atoms with Gasteiger partial charge in [0.05, 0.1) is 16.0 Å². The number of hydrogen-bond acceptors (Lipinski definition) is 14. The van der Waals surface area contributed by atoms with Crippen LogP contribution in [0.15, 0.2) is 87.5 Å². The predicted molar refractivity (Wildman–Crippen MR) is 143 cm³/mol. The van der Waals surface area contributed by atoms with E-state index in [1.807, 2.05) is 0 Å². The van der Waals surface area contributed by atoms with Gasteiger partial charge in [0, 0.05) is 0 Å². The zero-order valence-corrected chi connectivity index (χ0v) is 23.9. The number of aromatic carboxylic acids is 2. The number of hydrogen-bond donors (Lipinski definition) is 2. The van der Waals surface area contributed by atoms with Crippen LogP contribution in [0, 0.1) is 6.92 Å². The SMILES string of the molecule is Cc1ccccc1S(=O)(=O)OB1OB(OS(=O)(=O)c2ccccc2C(=O)O)OB(OS(=O)(=O)c2ccccc2C(=O)O)O1. The van der Waals surface area contributed by atoms with E-state index in [2.05, 4.69) is 0 Å². The van der Waals surface area contributed by atoms with Gasteiger partial charge in [-0.3, -0.25) is 12.3 Å². The molecule has 43 heavy (non-hydrogen) atoms. The van der Waals surface area contributed by atoms with Crippen LogP contribution in [-0.4, -0.2) is 69.4 Å². The van der Waals surface area contributed by atoms with Gasteiger partial charge in [-0.1, -0.05) is 42.5 Å². The van der Waals surface area contributed by atoms with Gasteiger partial charge in [0.25, 0.3) is 30.4 Å². The number of carboxylic acids is 2. The van der Waals surface area contributed by atoms with Gasteiger partial charge >= 0.3 is 33.9 Å². The van der Waals surface area contributed by atoms with Gasteiger partial charge in [-0.05, 0) is 42.8 Å². The minimum absolute atomic E-state index is 0.218. The quantitative estimate of drug-likeness (QED) is 0.274. The highest BCUT2D eigenvalue weighted by Gasteiger charge is 2.52. The zero-order chi connectivity index (χ0) is 31.6. The molecular weight excluding hydrogens is 637 g/mol. The van der Waals surface area contributed by atoms with Gasteiger partial charge in [0.1, 0.15) is 9.79 Å². The molecule has 1 aliphatic rings. The molecule has 22 heteroatoms. The van der Waals surface area contributed by atoms with E-state index in [1.54, 1.807) is 0 Å². The van der Waals surface area contributed by atoms with E-state index < -0.39 is 85.2 Å². The summed E-state index contributed by atoms with van der Waals surface area (Å²) in [5, 5.41) is 18.7. The maximum atomic E-state index is 12.9. The molecule has 0 bridgehead atoms. The molecule has 0 unspecified atom stereocenters. The fourth-order valence-corrected chi connectivity index (χ4v) is 6.78. The highest BCUT2D eigenvalue weighted by atomic mass is 32.2. The molecule has 3 aromatic carbocycles. The molecule has 0 spiro atoms. The van der Waals surface area contributed by atoms with E-state index in [0.29, 0.717) is 0 Å². The Labute approximate surface area is 246 Å². The van der Waals surface area contributed by atoms with E-state index in [0.717, 1.165) is 30.3 Å². The molecule has 16 nitrogen and oxygen atoms in total. The van der Waals surface area contributed by atoms with Crippen LogP contribution in [0.4, 0.5) is 0 Å². The van der Waals surface area contributed by atoms with Crippen molar-refractivity contribution in [2.45, 2.75) is 21.6 Å². The first-order valence-corrected chi connectivity index (χ1v) is 15.8. The van der Waals surface area contributed by atoms with E-state index in [-0.39, 0.29) is 10.5 Å². The molecule has 1 fully saturated rings. The average Bonchev–Trinajstić information content (AvgIpc) is 2.92. The molecule has 1 aliphatic heterocycles. The second kappa shape index (κ2) is 12.6. The van der Waals surface area contributed by atoms with Crippen LogP contribution in [0.2, 0.25) is 0 Å². The molecule has 224 valence electrons. The van der Waals surface area contributed by atoms with Crippen molar-refractivity contribution < 1.29 is 71.1 Å². The normalized spacial score (nSPS) is 14.5. The second-order valence-corrected chi connectivity index (χ2v) is 12.9. The largest absolute Gasteiger partial charge is 0.630 e. The van der Waals surface area contributed by atoms with E-state index in [4.69, 9.17) is 26.0 Å². The summed E-state index contributed by atoms with van der Waals surface area (Å²) in [7, 11) is -22.4. The van der Waals surface area contributed by atoms with Gasteiger partial charge in [-0.15, -0.1) is 0 Å². The molecule has 0 amide bonds. The molecule has 0 aromatic heterocycles. The predicted octanol–water partition coefficient (Wildman–Crippen LogP) is 0.926. The van der Waals surface area contributed by atoms with Crippen molar-refractivity contribution in [3.05, 3.63) is 89.5 Å². The van der Waals surface area contributed by atoms with Crippen LogP contribution in [-0.2, 0) is 56.4 Å². The Morgan fingerprint density at radius 3 is 1.21 bits per heavy atom. The van der Waals surface area contributed by atoms with E-state index >= 15 is 0 Å². The minimum atomic E-state index is -5.07. The Balaban J connectivity index is 1.67. The number of aryl methyl sites for hydroxylation is 1. The van der Waals surface area contributed by atoms with Crippen molar-refractivity contribution in [2.24, 2.45) is 0 Å². The average molecular weight is 654 g/mol. The molecule has 0 saturated carbocycles. The molecule has 2 N–H and O–H groups in total. The van der Waals surface area contributed by atoms with Crippen LogP contribution < -0.4 is 0 Å². The number of benzene rings is 3. The number of carbonyl (C=O) groups is 2. The molecule has 3 aromatic rings. The van der Waals surface area contributed by atoms with Crippen molar-refractivity contribution in [2.75, 3.05) is 0 Å². The third-order valence-electron chi connectivity index (χ3n) is 5.42. The smallest absolute Gasteiger partial charge is 0.478 e. The molecule has 4 rings (SSSR count). The highest BCUT2D eigenvalue weighted by Crippen LogP contribution is 2.26. The maximum Gasteiger partial charge on any atom is 0.630 e. The lowest BCUT2D eigenvalue weighted by molar-refractivity contribution is 0.0682. The lowest BCUT2D eigenvalue weighted by Crippen LogP contribution is -2.54. The van der Waals surface area contributed by atoms with E-state index in [1.165, 1.54) is 49.4 Å². The molecule has 1 saturated heterocycles. The Morgan fingerprint density at radius 2 is 0.860 bits per heavy atom. The van der Waals surface area contributed by atoms with E-state index in [9.17, 15) is 45.1 Å². The number of carboxylic acid groups (broad SMARTS) is 2. The van der Waals surface area contributed by atoms with Gasteiger partial charge in [0.2, 0.25) is 0 Å². The summed E-state index contributed by atoms with van der Waals surface area (Å²) in [6, 6.07) is 13.9. The fraction of sp³-hybridized carbons (Fsp3) is 0.0476. The van der Waals surface area contributed by atoms with Crippen LogP contribution in [0.3, 0.4) is 0 Å². The van der Waals surface area contributed by atoms with Crippen molar-refractivity contribution in [3.63, 3.8) is 0 Å². The first-order chi connectivity index (χ1) is 20.1. The van der Waals surface area contributed by atoms with Crippen molar-refractivity contribution in [1.29, 1.82) is 0 Å². The third kappa shape index (κ3) is 7.50. The number of rotatable bonds is 11. The lowest BCUT2D eigenvalue weighted by Gasteiger charge is -2.27. The van der Waals surface area contributed by atoms with Crippen LogP contribution in [0.25, 0.3) is 0 Å². The second-order valence-electron chi connectivity index (χ2n) is 8.29. The fourth-order valence-electron chi connectivity index (χ4n) is 3.53. The third-order valence-corrected chi connectivity index (χ3v) is 9.44. The summed E-state index contributed by atoms with van der Waals surface area (Å²) in [5.74, 6) is -3.29. The first-order valence-electron chi connectivity index (χ1n) is 11.6. The van der Waals surface area contributed by atoms with Gasteiger partial charge in [-0.2, -0.15) is 25.3 Å². The molecule has 0 atom stereocenters. The Kier molecular flexibility index (Phi) is 9.44. The summed E-state index contributed by atoms with van der Waals surface area (Å²) < 4.78 is 107. The summed E-state index contributed by atoms with van der Waals surface area (Å²) in [5.41, 5.74) is -1.22. The highest BCUT2D eigenvalue weighted by molar-refractivity contribution is 7.88. The van der Waals surface area contributed by atoms with Gasteiger partial charge in [0.15, 0.2) is 0 Å². The lowest BCUT2D eigenvalue weighted by atomic mass is 9.98. The summed E-state index contributed by atoms with van der Waals surface area (Å²) in [6.45, 7) is 1.43. The van der Waals surface area contributed by atoms with Gasteiger partial charge in [-0.25, -0.2) is 9.59 Å². The van der Waals surface area contributed by atoms with Crippen molar-refractivity contribution >= 4 is 64.3 Å². The maximum absolute atomic E-state index is 12.9. The van der Waals surface area contributed by atoms with Crippen LogP contribution in [0.5, 0.6) is 0 Å². The Morgan fingerprint density at radius 1 is 0.558 bits per heavy atom. The molecule has 0 aliphatic carbocycles. The summed E-state index contributed by atoms with van der Waals surface area (Å²) in [4.78, 5) is 21.0. The summed E-state index contributed by atoms with van der Waals surface area (Å²) in [6.07, 6.45) is 0. The zero-order valence-electron chi connectivity index (χ0n) is 21.5.